The maximum absolute atomic E-state index is 12.4. The maximum atomic E-state index is 12.4. The van der Waals surface area contributed by atoms with Crippen LogP contribution in [-0.4, -0.2) is 13.0 Å². The highest BCUT2D eigenvalue weighted by atomic mass is 16.5. The first-order valence-corrected chi connectivity index (χ1v) is 8.61. The standard InChI is InChI=1S/C21H25NO2/c1-14-7-10-20(24-3)19(11-14)15(2)22-21(23)13-16-8-9-17-5-4-6-18(17)12-16/h7-12,15H,4-6,13H2,1-3H3,(H,22,23)/t15-/m1/s1. The summed E-state index contributed by atoms with van der Waals surface area (Å²) in [4.78, 5) is 12.4. The molecule has 126 valence electrons. The van der Waals surface area contributed by atoms with Crippen molar-refractivity contribution in [2.45, 2.75) is 45.6 Å². The molecule has 3 heteroatoms. The Morgan fingerprint density at radius 2 is 1.96 bits per heavy atom. The Bertz CT molecular complexity index is 751. The van der Waals surface area contributed by atoms with Gasteiger partial charge in [0.25, 0.3) is 0 Å². The van der Waals surface area contributed by atoms with Crippen molar-refractivity contribution < 1.29 is 9.53 Å². The number of methoxy groups -OCH3 is 1. The molecule has 1 N–H and O–H groups in total. The molecule has 24 heavy (non-hydrogen) atoms. The molecular weight excluding hydrogens is 298 g/mol. The molecule has 2 aromatic rings. The molecular formula is C21H25NO2. The van der Waals surface area contributed by atoms with Crippen molar-refractivity contribution in [3.8, 4) is 5.75 Å². The molecule has 1 amide bonds. The van der Waals surface area contributed by atoms with E-state index in [1.165, 1.54) is 24.0 Å². The number of ether oxygens (including phenoxy) is 1. The van der Waals surface area contributed by atoms with Crippen LogP contribution in [0.1, 0.15) is 47.2 Å². The zero-order chi connectivity index (χ0) is 17.1. The van der Waals surface area contributed by atoms with E-state index >= 15 is 0 Å². The van der Waals surface area contributed by atoms with E-state index < -0.39 is 0 Å². The van der Waals surface area contributed by atoms with Crippen LogP contribution < -0.4 is 10.1 Å². The Morgan fingerprint density at radius 1 is 1.17 bits per heavy atom. The van der Waals surface area contributed by atoms with Gasteiger partial charge in [-0.25, -0.2) is 0 Å². The smallest absolute Gasteiger partial charge is 0.224 e. The van der Waals surface area contributed by atoms with E-state index in [1.807, 2.05) is 26.0 Å². The van der Waals surface area contributed by atoms with Gasteiger partial charge in [0.1, 0.15) is 5.75 Å². The quantitative estimate of drug-likeness (QED) is 0.906. The molecule has 0 saturated heterocycles. The number of carbonyl (C=O) groups excluding carboxylic acids is 1. The van der Waals surface area contributed by atoms with Crippen LogP contribution in [0.3, 0.4) is 0 Å². The van der Waals surface area contributed by atoms with Crippen molar-refractivity contribution in [2.75, 3.05) is 7.11 Å². The topological polar surface area (TPSA) is 38.3 Å². The van der Waals surface area contributed by atoms with Gasteiger partial charge in [-0.1, -0.05) is 35.9 Å². The fourth-order valence-corrected chi connectivity index (χ4v) is 3.48. The van der Waals surface area contributed by atoms with Crippen molar-refractivity contribution in [3.63, 3.8) is 0 Å². The normalized spacial score (nSPS) is 14.1. The Labute approximate surface area is 144 Å². The number of carbonyl (C=O) groups is 1. The molecule has 1 aliphatic carbocycles. The van der Waals surface area contributed by atoms with Gasteiger partial charge in [-0.15, -0.1) is 0 Å². The summed E-state index contributed by atoms with van der Waals surface area (Å²) in [6, 6.07) is 12.4. The highest BCUT2D eigenvalue weighted by molar-refractivity contribution is 5.79. The van der Waals surface area contributed by atoms with Gasteiger partial charge < -0.3 is 10.1 Å². The lowest BCUT2D eigenvalue weighted by atomic mass is 10.0. The second-order valence-electron chi connectivity index (χ2n) is 6.67. The largest absolute Gasteiger partial charge is 0.496 e. The Balaban J connectivity index is 1.67. The second-order valence-corrected chi connectivity index (χ2v) is 6.67. The number of benzene rings is 2. The van der Waals surface area contributed by atoms with Gasteiger partial charge in [0, 0.05) is 5.56 Å². The molecule has 0 saturated carbocycles. The minimum atomic E-state index is -0.0817. The zero-order valence-electron chi connectivity index (χ0n) is 14.7. The van der Waals surface area contributed by atoms with E-state index in [0.29, 0.717) is 6.42 Å². The monoisotopic (exact) mass is 323 g/mol. The van der Waals surface area contributed by atoms with Crippen LogP contribution >= 0.6 is 0 Å². The third kappa shape index (κ3) is 3.61. The molecule has 0 fully saturated rings. The summed E-state index contributed by atoms with van der Waals surface area (Å²) in [5.41, 5.74) is 6.12. The van der Waals surface area contributed by atoms with Gasteiger partial charge in [0.15, 0.2) is 0 Å². The Morgan fingerprint density at radius 3 is 2.75 bits per heavy atom. The van der Waals surface area contributed by atoms with Crippen LogP contribution in [-0.2, 0) is 24.1 Å². The summed E-state index contributed by atoms with van der Waals surface area (Å²) in [5.74, 6) is 0.856. The molecule has 0 aliphatic heterocycles. The van der Waals surface area contributed by atoms with Gasteiger partial charge in [-0.2, -0.15) is 0 Å². The number of amides is 1. The first-order chi connectivity index (χ1) is 11.6. The number of hydrogen-bond acceptors (Lipinski definition) is 2. The van der Waals surface area contributed by atoms with E-state index in [-0.39, 0.29) is 11.9 Å². The summed E-state index contributed by atoms with van der Waals surface area (Å²) < 4.78 is 5.42. The summed E-state index contributed by atoms with van der Waals surface area (Å²) in [5, 5.41) is 3.10. The highest BCUT2D eigenvalue weighted by Gasteiger charge is 2.16. The van der Waals surface area contributed by atoms with E-state index in [0.717, 1.165) is 28.9 Å². The molecule has 0 heterocycles. The van der Waals surface area contributed by atoms with Crippen LogP contribution in [0.2, 0.25) is 0 Å². The number of aryl methyl sites for hydroxylation is 3. The van der Waals surface area contributed by atoms with Crippen LogP contribution in [0, 0.1) is 6.92 Å². The van der Waals surface area contributed by atoms with Crippen LogP contribution in [0.15, 0.2) is 36.4 Å². The SMILES string of the molecule is COc1ccc(C)cc1[C@@H](C)NC(=O)Cc1ccc2c(c1)CCC2. The molecule has 0 unspecified atom stereocenters. The lowest BCUT2D eigenvalue weighted by molar-refractivity contribution is -0.121. The van der Waals surface area contributed by atoms with E-state index in [4.69, 9.17) is 4.74 Å². The summed E-state index contributed by atoms with van der Waals surface area (Å²) in [6.07, 6.45) is 3.97. The van der Waals surface area contributed by atoms with E-state index in [2.05, 4.69) is 29.6 Å². The van der Waals surface area contributed by atoms with E-state index in [9.17, 15) is 4.79 Å². The second kappa shape index (κ2) is 7.08. The van der Waals surface area contributed by atoms with Crippen molar-refractivity contribution >= 4 is 5.91 Å². The third-order valence-electron chi connectivity index (χ3n) is 4.76. The molecule has 3 rings (SSSR count). The molecule has 1 aliphatic rings. The summed E-state index contributed by atoms with van der Waals surface area (Å²) >= 11 is 0. The van der Waals surface area contributed by atoms with Gasteiger partial charge in [-0.3, -0.25) is 4.79 Å². The fraction of sp³-hybridized carbons (Fsp3) is 0.381. The fourth-order valence-electron chi connectivity index (χ4n) is 3.48. The van der Waals surface area contributed by atoms with Crippen LogP contribution in [0.4, 0.5) is 0 Å². The third-order valence-corrected chi connectivity index (χ3v) is 4.76. The van der Waals surface area contributed by atoms with Crippen molar-refractivity contribution in [1.29, 1.82) is 0 Å². The average Bonchev–Trinajstić information content (AvgIpc) is 3.02. The molecule has 2 aromatic carbocycles. The molecule has 1 atom stereocenters. The lowest BCUT2D eigenvalue weighted by Gasteiger charge is -2.18. The predicted octanol–water partition coefficient (Wildman–Crippen LogP) is 3.91. The minimum Gasteiger partial charge on any atom is -0.496 e. The first-order valence-electron chi connectivity index (χ1n) is 8.61. The molecule has 3 nitrogen and oxygen atoms in total. The van der Waals surface area contributed by atoms with Gasteiger partial charge in [0.05, 0.1) is 19.6 Å². The molecule has 0 spiro atoms. The number of nitrogens with one attached hydrogen (secondary N) is 1. The predicted molar refractivity (Wildman–Crippen MR) is 96.5 cm³/mol. The lowest BCUT2D eigenvalue weighted by Crippen LogP contribution is -2.28. The number of hydrogen-bond donors (Lipinski definition) is 1. The summed E-state index contributed by atoms with van der Waals surface area (Å²) in [6.45, 7) is 4.04. The average molecular weight is 323 g/mol. The van der Waals surface area contributed by atoms with Crippen LogP contribution in [0.25, 0.3) is 0 Å². The van der Waals surface area contributed by atoms with Crippen LogP contribution in [0.5, 0.6) is 5.75 Å². The molecule has 0 aromatic heterocycles. The van der Waals surface area contributed by atoms with Gasteiger partial charge in [0.2, 0.25) is 5.91 Å². The minimum absolute atomic E-state index is 0.0454. The molecule has 0 bridgehead atoms. The van der Waals surface area contributed by atoms with Crippen molar-refractivity contribution in [1.82, 2.24) is 5.32 Å². The number of fused-ring (bicyclic) bond motifs is 1. The van der Waals surface area contributed by atoms with E-state index in [1.54, 1.807) is 7.11 Å². The first kappa shape index (κ1) is 16.6. The molecule has 0 radical (unpaired) electrons. The number of rotatable bonds is 5. The maximum Gasteiger partial charge on any atom is 0.224 e. The Kier molecular flexibility index (Phi) is 4.89. The Hall–Kier alpha value is -2.29. The zero-order valence-corrected chi connectivity index (χ0v) is 14.7. The van der Waals surface area contributed by atoms with Crippen molar-refractivity contribution in [2.24, 2.45) is 0 Å². The van der Waals surface area contributed by atoms with Crippen molar-refractivity contribution in [3.05, 3.63) is 64.2 Å². The summed E-state index contributed by atoms with van der Waals surface area (Å²) in [7, 11) is 1.66. The highest BCUT2D eigenvalue weighted by Crippen LogP contribution is 2.26. The van der Waals surface area contributed by atoms with Gasteiger partial charge >= 0.3 is 0 Å². The van der Waals surface area contributed by atoms with Gasteiger partial charge in [-0.05, 0) is 55.9 Å².